The van der Waals surface area contributed by atoms with Crippen molar-refractivity contribution < 1.29 is 14.3 Å². The highest BCUT2D eigenvalue weighted by Gasteiger charge is 2.22. The molecule has 0 bridgehead atoms. The Morgan fingerprint density at radius 2 is 1.71 bits per heavy atom. The van der Waals surface area contributed by atoms with Crippen molar-refractivity contribution in [1.82, 2.24) is 4.90 Å². The van der Waals surface area contributed by atoms with Crippen LogP contribution in [-0.4, -0.2) is 62.8 Å². The third-order valence-electron chi connectivity index (χ3n) is 5.29. The van der Waals surface area contributed by atoms with Gasteiger partial charge in [0, 0.05) is 31.0 Å². The van der Waals surface area contributed by atoms with E-state index in [0.717, 1.165) is 30.2 Å². The van der Waals surface area contributed by atoms with E-state index in [4.69, 9.17) is 9.47 Å². The van der Waals surface area contributed by atoms with Crippen molar-refractivity contribution in [3.05, 3.63) is 53.6 Å². The number of ether oxygens (including phenoxy) is 2. The van der Waals surface area contributed by atoms with Crippen molar-refractivity contribution in [2.45, 2.75) is 39.9 Å². The highest BCUT2D eigenvalue weighted by Crippen LogP contribution is 2.22. The Kier molecular flexibility index (Phi) is 7.93. The minimum Gasteiger partial charge on any atom is -0.492 e. The smallest absolute Gasteiger partial charge is 0.238 e. The predicted octanol–water partition coefficient (Wildman–Crippen LogP) is 3.87. The van der Waals surface area contributed by atoms with E-state index in [1.54, 1.807) is 0 Å². The van der Waals surface area contributed by atoms with Gasteiger partial charge in [0.05, 0.1) is 18.8 Å². The number of likely N-dealkylation sites (N-methyl/N-ethyl adjacent to an activating group) is 1. The third-order valence-corrected chi connectivity index (χ3v) is 5.29. The van der Waals surface area contributed by atoms with Crippen LogP contribution in [0.4, 0.5) is 11.4 Å². The highest BCUT2D eigenvalue weighted by molar-refractivity contribution is 5.92. The van der Waals surface area contributed by atoms with E-state index in [0.29, 0.717) is 19.7 Å². The SMILES string of the molecule is Cc1cc(C)cc(OCCN(C)CC(=O)Nc2ccc(N3CC(C)OC(C)C3)cc2)c1. The maximum atomic E-state index is 12.4. The average molecular weight is 426 g/mol. The van der Waals surface area contributed by atoms with E-state index in [-0.39, 0.29) is 18.1 Å². The first-order valence-electron chi connectivity index (χ1n) is 11.0. The van der Waals surface area contributed by atoms with Crippen molar-refractivity contribution in [3.8, 4) is 5.75 Å². The first-order chi connectivity index (χ1) is 14.8. The summed E-state index contributed by atoms with van der Waals surface area (Å²) in [6, 6.07) is 14.2. The number of nitrogens with one attached hydrogen (secondary N) is 1. The maximum absolute atomic E-state index is 12.4. The number of hydrogen-bond acceptors (Lipinski definition) is 5. The van der Waals surface area contributed by atoms with Gasteiger partial charge in [0.1, 0.15) is 12.4 Å². The van der Waals surface area contributed by atoms with Crippen LogP contribution in [0.2, 0.25) is 0 Å². The molecule has 1 aliphatic rings. The molecule has 6 heteroatoms. The summed E-state index contributed by atoms with van der Waals surface area (Å²) in [5.74, 6) is 0.842. The first-order valence-corrected chi connectivity index (χ1v) is 11.0. The second-order valence-electron chi connectivity index (χ2n) is 8.67. The summed E-state index contributed by atoms with van der Waals surface area (Å²) < 4.78 is 11.6. The molecule has 1 heterocycles. The molecule has 1 fully saturated rings. The van der Waals surface area contributed by atoms with Crippen LogP contribution in [0, 0.1) is 13.8 Å². The Balaban J connectivity index is 1.42. The van der Waals surface area contributed by atoms with E-state index in [1.807, 2.05) is 36.2 Å². The molecule has 2 atom stereocenters. The zero-order chi connectivity index (χ0) is 22.4. The lowest BCUT2D eigenvalue weighted by molar-refractivity contribution is -0.117. The van der Waals surface area contributed by atoms with Gasteiger partial charge in [-0.05, 0) is 82.3 Å². The Hall–Kier alpha value is -2.57. The molecular weight excluding hydrogens is 390 g/mol. The van der Waals surface area contributed by atoms with Gasteiger partial charge in [-0.1, -0.05) is 6.07 Å². The number of aryl methyl sites for hydroxylation is 2. The lowest BCUT2D eigenvalue weighted by atomic mass is 10.1. The fourth-order valence-corrected chi connectivity index (χ4v) is 4.00. The molecule has 0 radical (unpaired) electrons. The zero-order valence-electron chi connectivity index (χ0n) is 19.4. The molecule has 6 nitrogen and oxygen atoms in total. The molecule has 0 aromatic heterocycles. The van der Waals surface area contributed by atoms with Crippen molar-refractivity contribution in [2.24, 2.45) is 0 Å². The molecule has 2 aromatic carbocycles. The monoisotopic (exact) mass is 425 g/mol. The van der Waals surface area contributed by atoms with Gasteiger partial charge in [-0.3, -0.25) is 9.69 Å². The summed E-state index contributed by atoms with van der Waals surface area (Å²) in [5, 5.41) is 2.98. The molecule has 0 saturated carbocycles. The molecule has 31 heavy (non-hydrogen) atoms. The van der Waals surface area contributed by atoms with Gasteiger partial charge in [0.15, 0.2) is 0 Å². The number of carbonyl (C=O) groups excluding carboxylic acids is 1. The van der Waals surface area contributed by atoms with E-state index in [2.05, 4.69) is 56.1 Å². The summed E-state index contributed by atoms with van der Waals surface area (Å²) in [6.45, 7) is 11.6. The number of anilines is 2. The second-order valence-corrected chi connectivity index (χ2v) is 8.67. The highest BCUT2D eigenvalue weighted by atomic mass is 16.5. The van der Waals surface area contributed by atoms with Crippen LogP contribution in [0.25, 0.3) is 0 Å². The van der Waals surface area contributed by atoms with Gasteiger partial charge in [-0.25, -0.2) is 0 Å². The fourth-order valence-electron chi connectivity index (χ4n) is 4.00. The van der Waals surface area contributed by atoms with Gasteiger partial charge in [0.25, 0.3) is 0 Å². The molecule has 1 amide bonds. The van der Waals surface area contributed by atoms with E-state index in [9.17, 15) is 4.79 Å². The van der Waals surface area contributed by atoms with Crippen molar-refractivity contribution in [1.29, 1.82) is 0 Å². The van der Waals surface area contributed by atoms with Crippen LogP contribution in [0.15, 0.2) is 42.5 Å². The molecule has 1 saturated heterocycles. The quantitative estimate of drug-likeness (QED) is 0.696. The number of nitrogens with zero attached hydrogens (tertiary/aromatic N) is 2. The molecule has 2 aromatic rings. The van der Waals surface area contributed by atoms with Crippen LogP contribution in [0.3, 0.4) is 0 Å². The molecule has 168 valence electrons. The fraction of sp³-hybridized carbons (Fsp3) is 0.480. The molecule has 1 aliphatic heterocycles. The van der Waals surface area contributed by atoms with Crippen LogP contribution in [0.5, 0.6) is 5.75 Å². The summed E-state index contributed by atoms with van der Waals surface area (Å²) in [4.78, 5) is 16.7. The molecule has 1 N–H and O–H groups in total. The molecule has 3 rings (SSSR count). The van der Waals surface area contributed by atoms with Gasteiger partial charge in [0.2, 0.25) is 5.91 Å². The summed E-state index contributed by atoms with van der Waals surface area (Å²) in [5.41, 5.74) is 4.33. The lowest BCUT2D eigenvalue weighted by Crippen LogP contribution is -2.45. The number of benzene rings is 2. The van der Waals surface area contributed by atoms with Gasteiger partial charge in [-0.15, -0.1) is 0 Å². The first kappa shape index (κ1) is 23.1. The minimum absolute atomic E-state index is 0.0322. The Morgan fingerprint density at radius 3 is 2.32 bits per heavy atom. The van der Waals surface area contributed by atoms with Gasteiger partial charge >= 0.3 is 0 Å². The summed E-state index contributed by atoms with van der Waals surface area (Å²) in [6.07, 6.45) is 0.440. The van der Waals surface area contributed by atoms with Crippen LogP contribution in [0.1, 0.15) is 25.0 Å². The van der Waals surface area contributed by atoms with Crippen LogP contribution in [-0.2, 0) is 9.53 Å². The van der Waals surface area contributed by atoms with Gasteiger partial charge < -0.3 is 19.7 Å². The molecule has 2 unspecified atom stereocenters. The standard InChI is InChI=1S/C25H35N3O3/c1-18-12-19(2)14-24(13-18)30-11-10-27(5)17-25(29)26-22-6-8-23(9-7-22)28-15-20(3)31-21(4)16-28/h6-9,12-14,20-21H,10-11,15-17H2,1-5H3,(H,26,29). The summed E-state index contributed by atoms with van der Waals surface area (Å²) in [7, 11) is 1.92. The number of rotatable bonds is 8. The maximum Gasteiger partial charge on any atom is 0.238 e. The van der Waals surface area contributed by atoms with Crippen LogP contribution >= 0.6 is 0 Å². The predicted molar refractivity (Wildman–Crippen MR) is 126 cm³/mol. The molecular formula is C25H35N3O3. The number of hydrogen-bond donors (Lipinski definition) is 1. The Labute approximate surface area is 186 Å². The topological polar surface area (TPSA) is 54.0 Å². The number of carbonyl (C=O) groups is 1. The van der Waals surface area contributed by atoms with E-state index in [1.165, 1.54) is 11.1 Å². The molecule has 0 aliphatic carbocycles. The normalized spacial score (nSPS) is 18.8. The van der Waals surface area contributed by atoms with Crippen molar-refractivity contribution in [2.75, 3.05) is 50.1 Å². The Bertz CT molecular complexity index is 839. The third kappa shape index (κ3) is 7.26. The van der Waals surface area contributed by atoms with Crippen LogP contribution < -0.4 is 15.0 Å². The van der Waals surface area contributed by atoms with Gasteiger partial charge in [-0.2, -0.15) is 0 Å². The Morgan fingerprint density at radius 1 is 1.10 bits per heavy atom. The minimum atomic E-state index is -0.0322. The zero-order valence-corrected chi connectivity index (χ0v) is 19.4. The number of amides is 1. The van der Waals surface area contributed by atoms with Crippen molar-refractivity contribution in [3.63, 3.8) is 0 Å². The average Bonchev–Trinajstić information content (AvgIpc) is 2.67. The number of morpholine rings is 1. The lowest BCUT2D eigenvalue weighted by Gasteiger charge is -2.36. The summed E-state index contributed by atoms with van der Waals surface area (Å²) >= 11 is 0. The van der Waals surface area contributed by atoms with Crippen molar-refractivity contribution >= 4 is 17.3 Å². The van der Waals surface area contributed by atoms with E-state index < -0.39 is 0 Å². The second kappa shape index (κ2) is 10.6. The largest absolute Gasteiger partial charge is 0.492 e. The molecule has 0 spiro atoms. The van der Waals surface area contributed by atoms with E-state index >= 15 is 0 Å².